The van der Waals surface area contributed by atoms with Gasteiger partial charge in [0.05, 0.1) is 6.04 Å². The van der Waals surface area contributed by atoms with Gasteiger partial charge in [-0.1, -0.05) is 30.3 Å². The molecule has 0 aliphatic carbocycles. The van der Waals surface area contributed by atoms with E-state index in [0.717, 1.165) is 43.6 Å². The van der Waals surface area contributed by atoms with Gasteiger partial charge < -0.3 is 20.3 Å². The zero-order valence-electron chi connectivity index (χ0n) is 15.8. The van der Waals surface area contributed by atoms with Gasteiger partial charge in [0, 0.05) is 25.0 Å². The zero-order chi connectivity index (χ0) is 19.6. The van der Waals surface area contributed by atoms with E-state index >= 15 is 0 Å². The normalized spacial score (nSPS) is 19.4. The van der Waals surface area contributed by atoms with E-state index in [0.29, 0.717) is 19.1 Å². The summed E-state index contributed by atoms with van der Waals surface area (Å²) in [7, 11) is 0. The van der Waals surface area contributed by atoms with Crippen molar-refractivity contribution in [3.63, 3.8) is 0 Å². The summed E-state index contributed by atoms with van der Waals surface area (Å²) in [4.78, 5) is 27.8. The lowest BCUT2D eigenvalue weighted by molar-refractivity contribution is -0.129. The van der Waals surface area contributed by atoms with Gasteiger partial charge in [-0.3, -0.25) is 9.78 Å². The number of nitrogens with zero attached hydrogens (tertiary/aromatic N) is 2. The maximum atomic E-state index is 12.0. The van der Waals surface area contributed by atoms with Crippen LogP contribution in [0.2, 0.25) is 0 Å². The first-order valence-corrected chi connectivity index (χ1v) is 9.55. The topological polar surface area (TPSA) is 83.6 Å². The summed E-state index contributed by atoms with van der Waals surface area (Å²) >= 11 is 0. The number of pyridine rings is 1. The Balaban J connectivity index is 0.000000192. The highest BCUT2D eigenvalue weighted by Crippen LogP contribution is 2.24. The molecular weight excluding hydrogens is 356 g/mol. The second-order valence-corrected chi connectivity index (χ2v) is 6.81. The molecule has 0 spiro atoms. The van der Waals surface area contributed by atoms with Gasteiger partial charge in [-0.25, -0.2) is 4.79 Å². The van der Waals surface area contributed by atoms with Crippen LogP contribution in [0.3, 0.4) is 0 Å². The van der Waals surface area contributed by atoms with E-state index < -0.39 is 0 Å². The summed E-state index contributed by atoms with van der Waals surface area (Å²) in [6.45, 7) is 3.60. The molecule has 7 nitrogen and oxygen atoms in total. The first-order chi connectivity index (χ1) is 13.8. The fourth-order valence-electron chi connectivity index (χ4n) is 3.48. The molecule has 1 atom stereocenters. The molecular formula is C21H26N4O3. The van der Waals surface area contributed by atoms with Crippen LogP contribution in [0.1, 0.15) is 30.0 Å². The number of carbonyl (C=O) groups excluding carboxylic acids is 2. The van der Waals surface area contributed by atoms with Gasteiger partial charge in [-0.2, -0.15) is 0 Å². The summed E-state index contributed by atoms with van der Waals surface area (Å²) in [5, 5.41) is 6.39. The molecule has 7 heteroatoms. The van der Waals surface area contributed by atoms with Crippen LogP contribution in [0.5, 0.6) is 0 Å². The van der Waals surface area contributed by atoms with Crippen LogP contribution >= 0.6 is 0 Å². The van der Waals surface area contributed by atoms with Crippen molar-refractivity contribution >= 4 is 12.5 Å². The zero-order valence-corrected chi connectivity index (χ0v) is 15.8. The number of carbonyl (C=O) groups is 2. The number of piperidine rings is 1. The van der Waals surface area contributed by atoms with Gasteiger partial charge in [0.2, 0.25) is 0 Å². The lowest BCUT2D eigenvalue weighted by Crippen LogP contribution is -2.44. The molecule has 2 aliphatic rings. The van der Waals surface area contributed by atoms with Crippen LogP contribution < -0.4 is 10.6 Å². The number of amides is 2. The molecule has 0 bridgehead atoms. The number of hydrogen-bond acceptors (Lipinski definition) is 5. The maximum Gasteiger partial charge on any atom is 0.318 e. The standard InChI is InChI=1S/C13H18N4O.C8H8O2/c18-13-16-12(10-1-5-14-6-2-10)9-17(13)11-3-7-15-8-4-11;9-7-10-6-8-4-2-1-3-5-8/h1-2,5-6,11-12,15H,3-4,7-9H2,(H,16,18);1-5,7H,6H2. The minimum absolute atomic E-state index is 0.0729. The summed E-state index contributed by atoms with van der Waals surface area (Å²) in [5.74, 6) is 0. The van der Waals surface area contributed by atoms with Crippen LogP contribution in [0.4, 0.5) is 4.79 Å². The maximum absolute atomic E-state index is 12.0. The van der Waals surface area contributed by atoms with Crippen molar-refractivity contribution in [3.8, 4) is 0 Å². The van der Waals surface area contributed by atoms with Gasteiger partial charge in [0.15, 0.2) is 0 Å². The Labute approximate surface area is 165 Å². The Morgan fingerprint density at radius 3 is 2.50 bits per heavy atom. The van der Waals surface area contributed by atoms with E-state index in [1.165, 1.54) is 0 Å². The molecule has 2 saturated heterocycles. The van der Waals surface area contributed by atoms with E-state index in [4.69, 9.17) is 0 Å². The van der Waals surface area contributed by atoms with Gasteiger partial charge in [-0.05, 0) is 49.2 Å². The fraction of sp³-hybridized carbons (Fsp3) is 0.381. The number of aromatic nitrogens is 1. The lowest BCUT2D eigenvalue weighted by atomic mass is 10.0. The van der Waals surface area contributed by atoms with E-state index in [-0.39, 0.29) is 12.1 Å². The summed E-state index contributed by atoms with van der Waals surface area (Å²) < 4.78 is 4.54. The second-order valence-electron chi connectivity index (χ2n) is 6.81. The van der Waals surface area contributed by atoms with Crippen molar-refractivity contribution in [3.05, 3.63) is 66.0 Å². The predicted octanol–water partition coefficient (Wildman–Crippen LogP) is 2.26. The highest BCUT2D eigenvalue weighted by molar-refractivity contribution is 5.77. The van der Waals surface area contributed by atoms with Crippen molar-refractivity contribution in [2.24, 2.45) is 0 Å². The Hall–Kier alpha value is -2.93. The molecule has 1 aromatic heterocycles. The number of nitrogens with one attached hydrogen (secondary N) is 2. The van der Waals surface area contributed by atoms with E-state index in [1.807, 2.05) is 47.4 Å². The van der Waals surface area contributed by atoms with Crippen molar-refractivity contribution in [2.75, 3.05) is 19.6 Å². The number of ether oxygens (including phenoxy) is 1. The van der Waals surface area contributed by atoms with E-state index in [2.05, 4.69) is 20.4 Å². The van der Waals surface area contributed by atoms with Crippen LogP contribution in [0.25, 0.3) is 0 Å². The average Bonchev–Trinajstić information content (AvgIpc) is 3.16. The Morgan fingerprint density at radius 1 is 1.11 bits per heavy atom. The Morgan fingerprint density at radius 2 is 1.82 bits per heavy atom. The van der Waals surface area contributed by atoms with Crippen molar-refractivity contribution in [1.82, 2.24) is 20.5 Å². The summed E-state index contributed by atoms with van der Waals surface area (Å²) in [5.41, 5.74) is 2.14. The lowest BCUT2D eigenvalue weighted by Gasteiger charge is -2.30. The molecule has 1 aromatic carbocycles. The van der Waals surface area contributed by atoms with E-state index in [9.17, 15) is 9.59 Å². The Kier molecular flexibility index (Phi) is 7.37. The summed E-state index contributed by atoms with van der Waals surface area (Å²) in [6, 6.07) is 14.1. The predicted molar refractivity (Wildman–Crippen MR) is 105 cm³/mol. The minimum Gasteiger partial charge on any atom is -0.463 e. The third kappa shape index (κ3) is 5.53. The first kappa shape index (κ1) is 19.8. The third-order valence-electron chi connectivity index (χ3n) is 4.96. The van der Waals surface area contributed by atoms with Gasteiger partial charge in [-0.15, -0.1) is 0 Å². The van der Waals surface area contributed by atoms with Crippen LogP contribution in [0.15, 0.2) is 54.9 Å². The molecule has 2 amide bonds. The largest absolute Gasteiger partial charge is 0.463 e. The molecule has 2 aliphatic heterocycles. The average molecular weight is 382 g/mol. The molecule has 3 heterocycles. The van der Waals surface area contributed by atoms with Crippen LogP contribution in [-0.2, 0) is 16.1 Å². The minimum atomic E-state index is 0.0729. The number of rotatable bonds is 5. The third-order valence-corrected chi connectivity index (χ3v) is 4.96. The smallest absolute Gasteiger partial charge is 0.318 e. The highest BCUT2D eigenvalue weighted by atomic mass is 16.5. The number of urea groups is 1. The molecule has 2 fully saturated rings. The Bertz CT molecular complexity index is 736. The van der Waals surface area contributed by atoms with Gasteiger partial charge in [0.25, 0.3) is 6.47 Å². The van der Waals surface area contributed by atoms with Crippen molar-refractivity contribution in [2.45, 2.75) is 31.5 Å². The van der Waals surface area contributed by atoms with Gasteiger partial charge >= 0.3 is 6.03 Å². The first-order valence-electron chi connectivity index (χ1n) is 9.55. The molecule has 28 heavy (non-hydrogen) atoms. The summed E-state index contributed by atoms with van der Waals surface area (Å²) in [6.07, 6.45) is 5.65. The van der Waals surface area contributed by atoms with E-state index in [1.54, 1.807) is 12.4 Å². The molecule has 1 unspecified atom stereocenters. The molecule has 2 N–H and O–H groups in total. The molecule has 4 rings (SSSR count). The van der Waals surface area contributed by atoms with Gasteiger partial charge in [0.1, 0.15) is 6.61 Å². The highest BCUT2D eigenvalue weighted by Gasteiger charge is 2.34. The molecule has 2 aromatic rings. The quantitative estimate of drug-likeness (QED) is 0.775. The molecule has 0 radical (unpaired) electrons. The van der Waals surface area contributed by atoms with Crippen molar-refractivity contribution < 1.29 is 14.3 Å². The number of hydrogen-bond donors (Lipinski definition) is 2. The fourth-order valence-corrected chi connectivity index (χ4v) is 3.48. The number of benzene rings is 1. The molecule has 148 valence electrons. The van der Waals surface area contributed by atoms with Crippen molar-refractivity contribution in [1.29, 1.82) is 0 Å². The molecule has 0 saturated carbocycles. The van der Waals surface area contributed by atoms with Crippen LogP contribution in [-0.4, -0.2) is 48.1 Å². The SMILES string of the molecule is O=C1NC(c2ccncc2)CN1C1CCNCC1.O=COCc1ccccc1. The van der Waals surface area contributed by atoms with Crippen LogP contribution in [0, 0.1) is 0 Å². The second kappa shape index (κ2) is 10.4. The monoisotopic (exact) mass is 382 g/mol.